The molecule has 1 aromatic heterocycles. The van der Waals surface area contributed by atoms with Crippen molar-refractivity contribution in [1.29, 1.82) is 0 Å². The molecule has 5 nitrogen and oxygen atoms in total. The molecule has 1 heterocycles. The fraction of sp³-hybridized carbons (Fsp3) is 0.136. The van der Waals surface area contributed by atoms with Crippen LogP contribution < -0.4 is 10.6 Å². The number of rotatable bonds is 5. The van der Waals surface area contributed by atoms with Gasteiger partial charge in [-0.1, -0.05) is 30.7 Å². The summed E-state index contributed by atoms with van der Waals surface area (Å²) in [4.78, 5) is 29.1. The molecule has 0 spiro atoms. The Kier molecular flexibility index (Phi) is 6.06. The Balaban J connectivity index is 1.73. The summed E-state index contributed by atoms with van der Waals surface area (Å²) in [5, 5.41) is 6.21. The van der Waals surface area contributed by atoms with E-state index in [4.69, 9.17) is 11.6 Å². The number of carbonyl (C=O) groups is 2. The molecule has 3 rings (SSSR count). The van der Waals surface area contributed by atoms with E-state index in [-0.39, 0.29) is 11.6 Å². The van der Waals surface area contributed by atoms with Gasteiger partial charge in [-0.2, -0.15) is 0 Å². The minimum absolute atomic E-state index is 0.156. The summed E-state index contributed by atoms with van der Waals surface area (Å²) in [7, 11) is 0. The lowest BCUT2D eigenvalue weighted by molar-refractivity contribution is 0.102. The Bertz CT molecular complexity index is 1020. The number of nitrogens with zero attached hydrogens (tertiary/aromatic N) is 1. The van der Waals surface area contributed by atoms with Gasteiger partial charge in [0.15, 0.2) is 0 Å². The third-order valence-electron chi connectivity index (χ3n) is 4.31. The number of amides is 2. The van der Waals surface area contributed by atoms with Gasteiger partial charge in [0.2, 0.25) is 0 Å². The molecule has 142 valence electrons. The second-order valence-electron chi connectivity index (χ2n) is 6.35. The van der Waals surface area contributed by atoms with Crippen molar-refractivity contribution in [2.75, 3.05) is 10.6 Å². The Morgan fingerprint density at radius 3 is 2.39 bits per heavy atom. The number of nitrogens with one attached hydrogen (secondary N) is 2. The van der Waals surface area contributed by atoms with E-state index in [1.807, 2.05) is 31.2 Å². The smallest absolute Gasteiger partial charge is 0.274 e. The average molecular weight is 394 g/mol. The van der Waals surface area contributed by atoms with Crippen molar-refractivity contribution >= 4 is 34.8 Å². The number of pyridine rings is 1. The summed E-state index contributed by atoms with van der Waals surface area (Å²) < 4.78 is 0. The van der Waals surface area contributed by atoms with Gasteiger partial charge in [0.25, 0.3) is 11.8 Å². The fourth-order valence-electron chi connectivity index (χ4n) is 2.68. The van der Waals surface area contributed by atoms with Gasteiger partial charge < -0.3 is 10.6 Å². The molecular formula is C22H20ClN3O2. The van der Waals surface area contributed by atoms with E-state index in [0.29, 0.717) is 22.0 Å². The van der Waals surface area contributed by atoms with E-state index >= 15 is 0 Å². The zero-order chi connectivity index (χ0) is 20.1. The zero-order valence-electron chi connectivity index (χ0n) is 15.6. The Morgan fingerprint density at radius 2 is 1.71 bits per heavy atom. The van der Waals surface area contributed by atoms with Crippen LogP contribution in [0.1, 0.15) is 38.9 Å². The topological polar surface area (TPSA) is 71.1 Å². The number of carbonyl (C=O) groups excluding carboxylic acids is 2. The molecule has 2 aromatic carbocycles. The highest BCUT2D eigenvalue weighted by Crippen LogP contribution is 2.20. The summed E-state index contributed by atoms with van der Waals surface area (Å²) >= 11 is 5.94. The van der Waals surface area contributed by atoms with E-state index in [2.05, 4.69) is 22.5 Å². The van der Waals surface area contributed by atoms with Gasteiger partial charge in [-0.15, -0.1) is 0 Å². The normalized spacial score (nSPS) is 10.4. The standard InChI is InChI=1S/C22H20ClN3O2/c1-3-15-4-7-18(8-5-15)25-21(27)16-10-11-24-20(13-16)22(28)26-19-9-6-17(23)12-14(19)2/h4-13H,3H2,1-2H3,(H,25,27)(H,26,28). The lowest BCUT2D eigenvalue weighted by atomic mass is 10.1. The number of aromatic nitrogens is 1. The summed E-state index contributed by atoms with van der Waals surface area (Å²) in [5.41, 5.74) is 3.88. The summed E-state index contributed by atoms with van der Waals surface area (Å²) in [6, 6.07) is 15.9. The molecule has 0 radical (unpaired) electrons. The fourth-order valence-corrected chi connectivity index (χ4v) is 2.90. The molecule has 3 aromatic rings. The van der Waals surface area contributed by atoms with Crippen LogP contribution in [0.25, 0.3) is 0 Å². The molecular weight excluding hydrogens is 374 g/mol. The molecule has 28 heavy (non-hydrogen) atoms. The molecule has 0 atom stereocenters. The molecule has 0 aliphatic heterocycles. The lowest BCUT2D eigenvalue weighted by Gasteiger charge is -2.10. The van der Waals surface area contributed by atoms with E-state index in [1.54, 1.807) is 24.3 Å². The molecule has 0 saturated heterocycles. The van der Waals surface area contributed by atoms with E-state index in [9.17, 15) is 9.59 Å². The Labute approximate surface area is 168 Å². The maximum absolute atomic E-state index is 12.5. The number of halogens is 1. The van der Waals surface area contributed by atoms with Crippen LogP contribution >= 0.6 is 11.6 Å². The third kappa shape index (κ3) is 4.75. The first-order chi connectivity index (χ1) is 13.5. The highest BCUT2D eigenvalue weighted by Gasteiger charge is 2.13. The van der Waals surface area contributed by atoms with Crippen LogP contribution in [0.2, 0.25) is 5.02 Å². The van der Waals surface area contributed by atoms with Gasteiger partial charge in [-0.25, -0.2) is 0 Å². The molecule has 0 bridgehead atoms. The molecule has 2 N–H and O–H groups in total. The van der Waals surface area contributed by atoms with Crippen molar-refractivity contribution in [3.05, 3.63) is 88.2 Å². The maximum Gasteiger partial charge on any atom is 0.274 e. The van der Waals surface area contributed by atoms with Gasteiger partial charge in [0.1, 0.15) is 5.69 Å². The van der Waals surface area contributed by atoms with Gasteiger partial charge >= 0.3 is 0 Å². The van der Waals surface area contributed by atoms with Crippen molar-refractivity contribution in [3.8, 4) is 0 Å². The van der Waals surface area contributed by atoms with Crippen LogP contribution in [-0.2, 0) is 6.42 Å². The molecule has 0 unspecified atom stereocenters. The second kappa shape index (κ2) is 8.67. The van der Waals surface area contributed by atoms with Crippen molar-refractivity contribution in [2.45, 2.75) is 20.3 Å². The SMILES string of the molecule is CCc1ccc(NC(=O)c2ccnc(C(=O)Nc3ccc(Cl)cc3C)c2)cc1. The Morgan fingerprint density at radius 1 is 0.964 bits per heavy atom. The van der Waals surface area contributed by atoms with E-state index in [0.717, 1.165) is 12.0 Å². The van der Waals surface area contributed by atoms with Crippen LogP contribution in [-0.4, -0.2) is 16.8 Å². The Hall–Kier alpha value is -3.18. The van der Waals surface area contributed by atoms with Crippen molar-refractivity contribution in [2.24, 2.45) is 0 Å². The maximum atomic E-state index is 12.5. The predicted molar refractivity (Wildman–Crippen MR) is 112 cm³/mol. The summed E-state index contributed by atoms with van der Waals surface area (Å²) in [5.74, 6) is -0.698. The van der Waals surface area contributed by atoms with Crippen LogP contribution in [0.4, 0.5) is 11.4 Å². The predicted octanol–water partition coefficient (Wildman–Crippen LogP) is 5.11. The number of hydrogen-bond donors (Lipinski definition) is 2. The molecule has 2 amide bonds. The third-order valence-corrected chi connectivity index (χ3v) is 4.55. The molecule has 0 aliphatic carbocycles. The van der Waals surface area contributed by atoms with Crippen LogP contribution in [0.15, 0.2) is 60.8 Å². The first-order valence-electron chi connectivity index (χ1n) is 8.90. The quantitative estimate of drug-likeness (QED) is 0.632. The highest BCUT2D eigenvalue weighted by atomic mass is 35.5. The molecule has 6 heteroatoms. The minimum Gasteiger partial charge on any atom is -0.322 e. The number of benzene rings is 2. The zero-order valence-corrected chi connectivity index (χ0v) is 16.4. The van der Waals surface area contributed by atoms with Crippen molar-refractivity contribution in [3.63, 3.8) is 0 Å². The molecule has 0 aliphatic rings. The molecule has 0 saturated carbocycles. The molecule has 0 fully saturated rings. The van der Waals surface area contributed by atoms with Crippen molar-refractivity contribution < 1.29 is 9.59 Å². The first kappa shape index (κ1) is 19.6. The van der Waals surface area contributed by atoms with Crippen molar-refractivity contribution in [1.82, 2.24) is 4.98 Å². The highest BCUT2D eigenvalue weighted by molar-refractivity contribution is 6.30. The monoisotopic (exact) mass is 393 g/mol. The lowest BCUT2D eigenvalue weighted by Crippen LogP contribution is -2.17. The van der Waals surface area contributed by atoms with Crippen LogP contribution in [0, 0.1) is 6.92 Å². The van der Waals surface area contributed by atoms with E-state index < -0.39 is 5.91 Å². The number of aryl methyl sites for hydroxylation is 2. The first-order valence-corrected chi connectivity index (χ1v) is 9.28. The van der Waals surface area contributed by atoms with Gasteiger partial charge in [0, 0.05) is 28.2 Å². The number of anilines is 2. The van der Waals surface area contributed by atoms with Gasteiger partial charge in [-0.05, 0) is 66.9 Å². The van der Waals surface area contributed by atoms with Gasteiger partial charge in [0.05, 0.1) is 0 Å². The van der Waals surface area contributed by atoms with Crippen LogP contribution in [0.5, 0.6) is 0 Å². The van der Waals surface area contributed by atoms with Crippen LogP contribution in [0.3, 0.4) is 0 Å². The second-order valence-corrected chi connectivity index (χ2v) is 6.78. The van der Waals surface area contributed by atoms with E-state index in [1.165, 1.54) is 17.8 Å². The number of hydrogen-bond acceptors (Lipinski definition) is 3. The largest absolute Gasteiger partial charge is 0.322 e. The van der Waals surface area contributed by atoms with Gasteiger partial charge in [-0.3, -0.25) is 14.6 Å². The average Bonchev–Trinajstić information content (AvgIpc) is 2.70. The summed E-state index contributed by atoms with van der Waals surface area (Å²) in [6.45, 7) is 3.92. The summed E-state index contributed by atoms with van der Waals surface area (Å²) in [6.07, 6.45) is 2.38. The minimum atomic E-state index is -0.396.